The third-order valence-electron chi connectivity index (χ3n) is 5.37. The molecule has 144 valence electrons. The number of rotatable bonds is 4. The van der Waals surface area contributed by atoms with Gasteiger partial charge in [-0.3, -0.25) is 9.59 Å². The molecule has 0 radical (unpaired) electrons. The van der Waals surface area contributed by atoms with Crippen LogP contribution in [0.3, 0.4) is 0 Å². The fourth-order valence-electron chi connectivity index (χ4n) is 3.81. The smallest absolute Gasteiger partial charge is 0.277 e. The summed E-state index contributed by atoms with van der Waals surface area (Å²) in [5.41, 5.74) is 0.947. The Morgan fingerprint density at radius 1 is 1.11 bits per heavy atom. The zero-order valence-corrected chi connectivity index (χ0v) is 15.3. The fourth-order valence-corrected chi connectivity index (χ4v) is 3.81. The lowest BCUT2D eigenvalue weighted by Crippen LogP contribution is -2.32. The molecule has 0 spiro atoms. The van der Waals surface area contributed by atoms with E-state index in [9.17, 15) is 14.0 Å². The number of anilines is 1. The molecule has 0 unspecified atom stereocenters. The lowest BCUT2D eigenvalue weighted by atomic mass is 9.81. The van der Waals surface area contributed by atoms with Gasteiger partial charge in [0.05, 0.1) is 5.39 Å². The predicted octanol–water partition coefficient (Wildman–Crippen LogP) is 3.38. The molecule has 6 nitrogen and oxygen atoms in total. The highest BCUT2D eigenvalue weighted by molar-refractivity contribution is 5.92. The van der Waals surface area contributed by atoms with E-state index in [1.165, 1.54) is 16.8 Å². The molecule has 2 aromatic carbocycles. The zero-order chi connectivity index (χ0) is 19.5. The Labute approximate surface area is 161 Å². The monoisotopic (exact) mass is 380 g/mol. The minimum Gasteiger partial charge on any atom is -0.326 e. The summed E-state index contributed by atoms with van der Waals surface area (Å²) < 4.78 is 14.7. The minimum atomic E-state index is -0.372. The number of benzene rings is 2. The van der Waals surface area contributed by atoms with Gasteiger partial charge in [0.15, 0.2) is 0 Å². The van der Waals surface area contributed by atoms with Crippen LogP contribution in [-0.4, -0.2) is 20.9 Å². The highest BCUT2D eigenvalue weighted by Gasteiger charge is 2.27. The number of halogens is 1. The molecule has 1 aliphatic carbocycles. The zero-order valence-electron chi connectivity index (χ0n) is 15.3. The number of nitrogens with one attached hydrogen (secondary N) is 1. The van der Waals surface area contributed by atoms with Crippen LogP contribution in [0.5, 0.6) is 0 Å². The predicted molar refractivity (Wildman–Crippen MR) is 104 cm³/mol. The normalized spacial score (nSPS) is 19.5. The van der Waals surface area contributed by atoms with Gasteiger partial charge in [0.2, 0.25) is 5.91 Å². The maximum atomic E-state index is 13.3. The molecular formula is C21H21FN4O2. The van der Waals surface area contributed by atoms with E-state index in [1.54, 1.807) is 24.3 Å². The van der Waals surface area contributed by atoms with Crippen molar-refractivity contribution >= 4 is 22.5 Å². The van der Waals surface area contributed by atoms with Crippen LogP contribution in [0.15, 0.2) is 53.3 Å². The molecular weight excluding hydrogens is 359 g/mol. The molecule has 0 atom stereocenters. The molecule has 28 heavy (non-hydrogen) atoms. The maximum absolute atomic E-state index is 13.3. The van der Waals surface area contributed by atoms with Crippen molar-refractivity contribution in [2.75, 3.05) is 5.32 Å². The number of carbonyl (C=O) groups is 1. The van der Waals surface area contributed by atoms with Crippen molar-refractivity contribution in [1.29, 1.82) is 0 Å². The molecule has 1 saturated carbocycles. The first-order valence-corrected chi connectivity index (χ1v) is 9.49. The van der Waals surface area contributed by atoms with Crippen molar-refractivity contribution in [3.05, 3.63) is 64.7 Å². The number of hydrogen-bond acceptors (Lipinski definition) is 4. The van der Waals surface area contributed by atoms with Crippen molar-refractivity contribution in [2.45, 2.75) is 32.2 Å². The Morgan fingerprint density at radius 3 is 2.68 bits per heavy atom. The Bertz CT molecular complexity index is 1060. The molecule has 1 N–H and O–H groups in total. The number of nitrogens with zero attached hydrogens (tertiary/aromatic N) is 3. The summed E-state index contributed by atoms with van der Waals surface area (Å²) >= 11 is 0. The third-order valence-corrected chi connectivity index (χ3v) is 5.37. The summed E-state index contributed by atoms with van der Waals surface area (Å²) in [5, 5.41) is 11.5. The van der Waals surface area contributed by atoms with Crippen molar-refractivity contribution in [1.82, 2.24) is 15.0 Å². The average molecular weight is 380 g/mol. The summed E-state index contributed by atoms with van der Waals surface area (Å²) in [6.07, 6.45) is 3.15. The number of hydrogen-bond donors (Lipinski definition) is 1. The van der Waals surface area contributed by atoms with Gasteiger partial charge in [-0.25, -0.2) is 9.07 Å². The van der Waals surface area contributed by atoms with Crippen LogP contribution in [0.2, 0.25) is 0 Å². The van der Waals surface area contributed by atoms with E-state index in [0.29, 0.717) is 23.1 Å². The molecule has 3 aromatic rings. The van der Waals surface area contributed by atoms with Crippen LogP contribution in [0.25, 0.3) is 10.9 Å². The average Bonchev–Trinajstić information content (AvgIpc) is 2.71. The van der Waals surface area contributed by atoms with Gasteiger partial charge in [0.25, 0.3) is 5.56 Å². The number of fused-ring (bicyclic) bond motifs is 1. The van der Waals surface area contributed by atoms with Crippen molar-refractivity contribution in [3.8, 4) is 0 Å². The topological polar surface area (TPSA) is 76.9 Å². The standard InChI is InChI=1S/C21H21FN4O2/c22-16-4-3-5-17(12-16)23-20(27)15-10-8-14(9-11-15)13-26-21(28)18-6-1-2-7-19(18)24-25-26/h1-7,12,14-15H,8-11,13H2,(H,23,27). The molecule has 7 heteroatoms. The summed E-state index contributed by atoms with van der Waals surface area (Å²) in [7, 11) is 0. The van der Waals surface area contributed by atoms with Crippen molar-refractivity contribution in [2.24, 2.45) is 11.8 Å². The molecule has 0 saturated heterocycles. The SMILES string of the molecule is O=C(Nc1cccc(F)c1)C1CCC(Cn2nnc3ccccc3c2=O)CC1. The first-order chi connectivity index (χ1) is 13.6. The quantitative estimate of drug-likeness (QED) is 0.753. The lowest BCUT2D eigenvalue weighted by Gasteiger charge is -2.27. The van der Waals surface area contributed by atoms with Gasteiger partial charge in [-0.05, 0) is 61.9 Å². The molecule has 0 bridgehead atoms. The third kappa shape index (κ3) is 3.93. The van der Waals surface area contributed by atoms with E-state index in [2.05, 4.69) is 15.6 Å². The van der Waals surface area contributed by atoms with Gasteiger partial charge in [-0.15, -0.1) is 5.10 Å². The second-order valence-electron chi connectivity index (χ2n) is 7.31. The second kappa shape index (κ2) is 7.88. The molecule has 4 rings (SSSR count). The summed E-state index contributed by atoms with van der Waals surface area (Å²) in [5.74, 6) is -0.263. The van der Waals surface area contributed by atoms with Crippen molar-refractivity contribution in [3.63, 3.8) is 0 Å². The Balaban J connectivity index is 1.36. The largest absolute Gasteiger partial charge is 0.326 e. The second-order valence-corrected chi connectivity index (χ2v) is 7.31. The van der Waals surface area contributed by atoms with Crippen LogP contribution in [0, 0.1) is 17.7 Å². The van der Waals surface area contributed by atoms with Gasteiger partial charge in [0, 0.05) is 18.2 Å². The summed E-state index contributed by atoms with van der Waals surface area (Å²) in [4.78, 5) is 25.0. The molecule has 1 aliphatic rings. The summed E-state index contributed by atoms with van der Waals surface area (Å²) in [6, 6.07) is 13.1. The van der Waals surface area contributed by atoms with E-state index in [0.717, 1.165) is 25.7 Å². The van der Waals surface area contributed by atoms with Gasteiger partial charge < -0.3 is 5.32 Å². The summed E-state index contributed by atoms with van der Waals surface area (Å²) in [6.45, 7) is 0.509. The molecule has 1 heterocycles. The highest BCUT2D eigenvalue weighted by Crippen LogP contribution is 2.30. The van der Waals surface area contributed by atoms with Gasteiger partial charge in [0.1, 0.15) is 11.3 Å². The Kier molecular flexibility index (Phi) is 5.14. The van der Waals surface area contributed by atoms with Gasteiger partial charge in [-0.1, -0.05) is 23.4 Å². The van der Waals surface area contributed by atoms with E-state index in [4.69, 9.17) is 0 Å². The van der Waals surface area contributed by atoms with E-state index in [1.807, 2.05) is 12.1 Å². The number of amides is 1. The molecule has 1 amide bonds. The molecule has 1 fully saturated rings. The fraction of sp³-hybridized carbons (Fsp3) is 0.333. The Hall–Kier alpha value is -3.09. The van der Waals surface area contributed by atoms with Gasteiger partial charge in [-0.2, -0.15) is 0 Å². The van der Waals surface area contributed by atoms with Crippen LogP contribution in [-0.2, 0) is 11.3 Å². The Morgan fingerprint density at radius 2 is 1.89 bits per heavy atom. The van der Waals surface area contributed by atoms with Crippen LogP contribution in [0.4, 0.5) is 10.1 Å². The van der Waals surface area contributed by atoms with Crippen molar-refractivity contribution < 1.29 is 9.18 Å². The van der Waals surface area contributed by atoms with Gasteiger partial charge >= 0.3 is 0 Å². The number of aromatic nitrogens is 3. The lowest BCUT2D eigenvalue weighted by molar-refractivity contribution is -0.121. The van der Waals surface area contributed by atoms with Crippen LogP contribution < -0.4 is 10.9 Å². The van der Waals surface area contributed by atoms with Crippen LogP contribution >= 0.6 is 0 Å². The first-order valence-electron chi connectivity index (χ1n) is 9.49. The molecule has 1 aromatic heterocycles. The highest BCUT2D eigenvalue weighted by atomic mass is 19.1. The van der Waals surface area contributed by atoms with Crippen LogP contribution in [0.1, 0.15) is 25.7 Å². The van der Waals surface area contributed by atoms with E-state index < -0.39 is 0 Å². The van der Waals surface area contributed by atoms with E-state index >= 15 is 0 Å². The minimum absolute atomic E-state index is 0.0771. The number of carbonyl (C=O) groups excluding carboxylic acids is 1. The van der Waals surface area contributed by atoms with E-state index in [-0.39, 0.29) is 29.1 Å². The maximum Gasteiger partial charge on any atom is 0.277 e. The molecule has 0 aliphatic heterocycles. The first kappa shape index (κ1) is 18.3.